The highest BCUT2D eigenvalue weighted by atomic mass is 16.5. The Bertz CT molecular complexity index is 838. The molecule has 3 rings (SSSR count). The highest BCUT2D eigenvalue weighted by molar-refractivity contribution is 5.95. The van der Waals surface area contributed by atoms with Crippen LogP contribution in [-0.4, -0.2) is 33.5 Å². The Morgan fingerprint density at radius 1 is 1.15 bits per heavy atom. The van der Waals surface area contributed by atoms with E-state index in [1.165, 1.54) is 11.8 Å². The van der Waals surface area contributed by atoms with Crippen LogP contribution < -0.4 is 5.48 Å². The molecule has 6 nitrogen and oxygen atoms in total. The number of amides is 2. The van der Waals surface area contributed by atoms with Gasteiger partial charge in [-0.15, -0.1) is 0 Å². The van der Waals surface area contributed by atoms with Gasteiger partial charge in [0.1, 0.15) is 0 Å². The summed E-state index contributed by atoms with van der Waals surface area (Å²) in [5, 5.41) is 8.77. The molecule has 1 aromatic carbocycles. The van der Waals surface area contributed by atoms with Gasteiger partial charge in [-0.1, -0.05) is 32.9 Å². The predicted octanol–water partition coefficient (Wildman–Crippen LogP) is 2.70. The fraction of sp³-hybridized carbons (Fsp3) is 0.350. The van der Waals surface area contributed by atoms with Crippen LogP contribution in [0.1, 0.15) is 58.3 Å². The third-order valence-corrected chi connectivity index (χ3v) is 4.69. The zero-order valence-corrected chi connectivity index (χ0v) is 15.2. The SMILES string of the molecule is CC(C)(C)c1ccc(C(=O)N2CCc3ncc(C(=O)NO)cc3C2)cc1. The second kappa shape index (κ2) is 6.88. The molecule has 1 aliphatic rings. The maximum atomic E-state index is 12.8. The molecule has 2 heterocycles. The Morgan fingerprint density at radius 2 is 1.85 bits per heavy atom. The standard InChI is InChI=1S/C20H23N3O3/c1-20(2,3)16-6-4-13(5-7-16)19(25)23-9-8-17-15(12-23)10-14(11-21-17)18(24)22-26/h4-7,10-11,26H,8-9,12H2,1-3H3,(H,22,24). The van der Waals surface area contributed by atoms with Crippen molar-refractivity contribution in [2.75, 3.05) is 6.54 Å². The Kier molecular flexibility index (Phi) is 4.78. The lowest BCUT2D eigenvalue weighted by Gasteiger charge is -2.29. The van der Waals surface area contributed by atoms with Crippen molar-refractivity contribution in [3.8, 4) is 0 Å². The highest BCUT2D eigenvalue weighted by Crippen LogP contribution is 2.24. The normalized spacial score (nSPS) is 13.9. The summed E-state index contributed by atoms with van der Waals surface area (Å²) < 4.78 is 0. The minimum atomic E-state index is -0.610. The van der Waals surface area contributed by atoms with Gasteiger partial charge in [-0.25, -0.2) is 5.48 Å². The summed E-state index contributed by atoms with van der Waals surface area (Å²) in [5.41, 5.74) is 5.47. The third kappa shape index (κ3) is 3.60. The van der Waals surface area contributed by atoms with Crippen LogP contribution in [0.4, 0.5) is 0 Å². The van der Waals surface area contributed by atoms with E-state index in [1.54, 1.807) is 16.4 Å². The highest BCUT2D eigenvalue weighted by Gasteiger charge is 2.24. The molecular weight excluding hydrogens is 330 g/mol. The van der Waals surface area contributed by atoms with E-state index < -0.39 is 5.91 Å². The molecule has 0 spiro atoms. The fourth-order valence-electron chi connectivity index (χ4n) is 3.08. The number of aromatic nitrogens is 1. The van der Waals surface area contributed by atoms with Crippen molar-refractivity contribution in [2.45, 2.75) is 39.2 Å². The lowest BCUT2D eigenvalue weighted by Crippen LogP contribution is -2.36. The molecule has 6 heteroatoms. The van der Waals surface area contributed by atoms with Crippen molar-refractivity contribution >= 4 is 11.8 Å². The lowest BCUT2D eigenvalue weighted by molar-refractivity contribution is 0.0705. The number of rotatable bonds is 2. The summed E-state index contributed by atoms with van der Waals surface area (Å²) in [5.74, 6) is -0.644. The molecule has 0 radical (unpaired) electrons. The molecule has 26 heavy (non-hydrogen) atoms. The molecule has 136 valence electrons. The minimum Gasteiger partial charge on any atom is -0.334 e. The van der Waals surface area contributed by atoms with Crippen LogP contribution in [0.3, 0.4) is 0 Å². The van der Waals surface area contributed by atoms with Crippen molar-refractivity contribution in [1.29, 1.82) is 0 Å². The largest absolute Gasteiger partial charge is 0.334 e. The quantitative estimate of drug-likeness (QED) is 0.642. The summed E-state index contributed by atoms with van der Waals surface area (Å²) in [6.45, 7) is 7.40. The zero-order valence-electron chi connectivity index (χ0n) is 15.2. The van der Waals surface area contributed by atoms with Crippen molar-refractivity contribution in [3.05, 3.63) is 64.5 Å². The second-order valence-corrected chi connectivity index (χ2v) is 7.57. The number of nitrogens with zero attached hydrogens (tertiary/aromatic N) is 2. The zero-order chi connectivity index (χ0) is 18.9. The molecule has 2 N–H and O–H groups in total. The number of hydroxylamine groups is 1. The average Bonchev–Trinajstić information content (AvgIpc) is 2.65. The number of benzene rings is 1. The van der Waals surface area contributed by atoms with Crippen molar-refractivity contribution in [3.63, 3.8) is 0 Å². The topological polar surface area (TPSA) is 82.5 Å². The van der Waals surface area contributed by atoms with E-state index in [9.17, 15) is 9.59 Å². The van der Waals surface area contributed by atoms with Crippen LogP contribution in [0.5, 0.6) is 0 Å². The first-order valence-corrected chi connectivity index (χ1v) is 8.61. The van der Waals surface area contributed by atoms with E-state index in [-0.39, 0.29) is 16.9 Å². The smallest absolute Gasteiger partial charge is 0.276 e. The van der Waals surface area contributed by atoms with Crippen LogP contribution in [0.15, 0.2) is 36.5 Å². The first kappa shape index (κ1) is 18.1. The molecule has 0 saturated heterocycles. The van der Waals surface area contributed by atoms with Gasteiger partial charge in [-0.3, -0.25) is 19.8 Å². The average molecular weight is 353 g/mol. The first-order valence-electron chi connectivity index (χ1n) is 8.61. The number of hydrogen-bond donors (Lipinski definition) is 2. The first-order chi connectivity index (χ1) is 12.3. The molecule has 0 bridgehead atoms. The van der Waals surface area contributed by atoms with E-state index in [0.29, 0.717) is 25.1 Å². The molecule has 2 amide bonds. The Hall–Kier alpha value is -2.73. The van der Waals surface area contributed by atoms with Crippen molar-refractivity contribution < 1.29 is 14.8 Å². The van der Waals surface area contributed by atoms with E-state index in [4.69, 9.17) is 5.21 Å². The third-order valence-electron chi connectivity index (χ3n) is 4.69. The summed E-state index contributed by atoms with van der Waals surface area (Å²) in [6.07, 6.45) is 2.08. The van der Waals surface area contributed by atoms with Gasteiger partial charge >= 0.3 is 0 Å². The monoisotopic (exact) mass is 353 g/mol. The van der Waals surface area contributed by atoms with Crippen LogP contribution in [0.25, 0.3) is 0 Å². The molecule has 0 aliphatic carbocycles. The number of carbonyl (C=O) groups is 2. The summed E-state index contributed by atoms with van der Waals surface area (Å²) in [7, 11) is 0. The minimum absolute atomic E-state index is 0.0341. The molecule has 2 aromatic rings. The van der Waals surface area contributed by atoms with Crippen LogP contribution >= 0.6 is 0 Å². The fourth-order valence-corrected chi connectivity index (χ4v) is 3.08. The van der Waals surface area contributed by atoms with Crippen LogP contribution in [-0.2, 0) is 18.4 Å². The number of hydrogen-bond acceptors (Lipinski definition) is 4. The molecular formula is C20H23N3O3. The van der Waals surface area contributed by atoms with Gasteiger partial charge in [0, 0.05) is 37.0 Å². The van der Waals surface area contributed by atoms with Gasteiger partial charge in [0.25, 0.3) is 11.8 Å². The molecule has 0 fully saturated rings. The number of fused-ring (bicyclic) bond motifs is 1. The molecule has 1 aromatic heterocycles. The molecule has 1 aliphatic heterocycles. The Morgan fingerprint density at radius 3 is 2.46 bits per heavy atom. The summed E-state index contributed by atoms with van der Waals surface area (Å²) in [6, 6.07) is 9.40. The maximum Gasteiger partial charge on any atom is 0.276 e. The van der Waals surface area contributed by atoms with Gasteiger partial charge in [0.2, 0.25) is 0 Å². The number of nitrogens with one attached hydrogen (secondary N) is 1. The van der Waals surface area contributed by atoms with Gasteiger partial charge in [-0.2, -0.15) is 0 Å². The van der Waals surface area contributed by atoms with E-state index >= 15 is 0 Å². The number of carbonyl (C=O) groups excluding carboxylic acids is 2. The summed E-state index contributed by atoms with van der Waals surface area (Å²) >= 11 is 0. The molecule has 0 atom stereocenters. The van der Waals surface area contributed by atoms with E-state index in [1.807, 2.05) is 24.3 Å². The van der Waals surface area contributed by atoms with E-state index in [0.717, 1.165) is 11.3 Å². The maximum absolute atomic E-state index is 12.8. The molecule has 0 unspecified atom stereocenters. The lowest BCUT2D eigenvalue weighted by atomic mass is 9.86. The second-order valence-electron chi connectivity index (χ2n) is 7.57. The van der Waals surface area contributed by atoms with Crippen LogP contribution in [0, 0.1) is 0 Å². The van der Waals surface area contributed by atoms with Gasteiger partial charge < -0.3 is 4.90 Å². The Balaban J connectivity index is 1.79. The van der Waals surface area contributed by atoms with Crippen molar-refractivity contribution in [2.24, 2.45) is 0 Å². The Labute approximate surface area is 152 Å². The van der Waals surface area contributed by atoms with Crippen molar-refractivity contribution in [1.82, 2.24) is 15.4 Å². The van der Waals surface area contributed by atoms with Gasteiger partial charge in [-0.05, 0) is 34.7 Å². The number of pyridine rings is 1. The van der Waals surface area contributed by atoms with Gasteiger partial charge in [0.15, 0.2) is 0 Å². The summed E-state index contributed by atoms with van der Waals surface area (Å²) in [4.78, 5) is 30.4. The van der Waals surface area contributed by atoms with Gasteiger partial charge in [0.05, 0.1) is 5.56 Å². The van der Waals surface area contributed by atoms with E-state index in [2.05, 4.69) is 25.8 Å². The predicted molar refractivity (Wildman–Crippen MR) is 97.1 cm³/mol. The van der Waals surface area contributed by atoms with Crippen LogP contribution in [0.2, 0.25) is 0 Å². The molecule has 0 saturated carbocycles.